The molecule has 1 saturated heterocycles. The first kappa shape index (κ1) is 19.4. The molecule has 31 heavy (non-hydrogen) atoms. The van der Waals surface area contributed by atoms with Gasteiger partial charge in [-0.1, -0.05) is 0 Å². The Balaban J connectivity index is 1.54. The van der Waals surface area contributed by atoms with Gasteiger partial charge < -0.3 is 10.6 Å². The van der Waals surface area contributed by atoms with Gasteiger partial charge in [0.25, 0.3) is 5.91 Å². The normalized spacial score (nSPS) is 14.8. The molecule has 0 spiro atoms. The van der Waals surface area contributed by atoms with E-state index in [1.807, 2.05) is 13.0 Å². The molecule has 0 aliphatic carbocycles. The monoisotopic (exact) mass is 419 g/mol. The molecule has 0 saturated carbocycles. The number of carbonyl (C=O) groups is 1. The van der Waals surface area contributed by atoms with Crippen molar-refractivity contribution in [2.24, 2.45) is 0 Å². The predicted octanol–water partition coefficient (Wildman–Crippen LogP) is 3.08. The van der Waals surface area contributed by atoms with Crippen molar-refractivity contribution in [2.75, 3.05) is 18.4 Å². The number of hydrogen-bond acceptors (Lipinski definition) is 5. The summed E-state index contributed by atoms with van der Waals surface area (Å²) in [7, 11) is 0. The molecule has 0 radical (unpaired) electrons. The Morgan fingerprint density at radius 3 is 2.90 bits per heavy atom. The lowest BCUT2D eigenvalue weighted by atomic mass is 9.95. The van der Waals surface area contributed by atoms with Gasteiger partial charge in [0.1, 0.15) is 17.2 Å². The fraction of sp³-hybridized carbons (Fsp3) is 0.273. The highest BCUT2D eigenvalue weighted by atomic mass is 19.1. The highest BCUT2D eigenvalue weighted by molar-refractivity contribution is 6.07. The number of rotatable bonds is 4. The molecule has 5 rings (SSSR count). The van der Waals surface area contributed by atoms with Crippen LogP contribution in [0.5, 0.6) is 0 Å². The van der Waals surface area contributed by atoms with Crippen LogP contribution in [-0.4, -0.2) is 43.4 Å². The van der Waals surface area contributed by atoms with Crippen molar-refractivity contribution in [2.45, 2.75) is 25.7 Å². The quantitative estimate of drug-likeness (QED) is 0.531. The lowest BCUT2D eigenvalue weighted by molar-refractivity contribution is 0.102. The highest BCUT2D eigenvalue weighted by Gasteiger charge is 2.23. The van der Waals surface area contributed by atoms with E-state index in [1.165, 1.54) is 18.3 Å². The first-order chi connectivity index (χ1) is 15.1. The topological polar surface area (TPSA) is 89.1 Å². The zero-order valence-corrected chi connectivity index (χ0v) is 17.0. The summed E-state index contributed by atoms with van der Waals surface area (Å²) in [6.45, 7) is 3.69. The molecule has 3 aromatic heterocycles. The van der Waals surface area contributed by atoms with E-state index in [2.05, 4.69) is 20.7 Å². The fourth-order valence-electron chi connectivity index (χ4n) is 4.02. The van der Waals surface area contributed by atoms with Crippen LogP contribution in [0.2, 0.25) is 0 Å². The van der Waals surface area contributed by atoms with E-state index in [1.54, 1.807) is 33.7 Å². The molecule has 1 fully saturated rings. The van der Waals surface area contributed by atoms with E-state index in [0.717, 1.165) is 42.9 Å². The van der Waals surface area contributed by atoms with Crippen molar-refractivity contribution in [3.8, 4) is 5.69 Å². The van der Waals surface area contributed by atoms with Gasteiger partial charge in [-0.2, -0.15) is 10.2 Å². The SMILES string of the molecule is Cc1cc(F)ccc1-n1nc(C2CCNCC2)cc1NC(=O)c1cnn2cccnc12. The molecule has 0 unspecified atom stereocenters. The third kappa shape index (κ3) is 3.68. The number of fused-ring (bicyclic) bond motifs is 1. The third-order valence-corrected chi connectivity index (χ3v) is 5.64. The minimum absolute atomic E-state index is 0.303. The lowest BCUT2D eigenvalue weighted by Gasteiger charge is -2.20. The number of aromatic nitrogens is 5. The number of anilines is 1. The number of carbonyl (C=O) groups excluding carboxylic acids is 1. The van der Waals surface area contributed by atoms with Crippen LogP contribution in [0.4, 0.5) is 10.2 Å². The van der Waals surface area contributed by atoms with Gasteiger partial charge in [0.05, 0.1) is 17.6 Å². The number of hydrogen-bond donors (Lipinski definition) is 2. The summed E-state index contributed by atoms with van der Waals surface area (Å²) < 4.78 is 16.9. The van der Waals surface area contributed by atoms with Crippen LogP contribution >= 0.6 is 0 Å². The Labute approximate surface area is 178 Å². The first-order valence-corrected chi connectivity index (χ1v) is 10.3. The van der Waals surface area contributed by atoms with Crippen LogP contribution in [0.3, 0.4) is 0 Å². The number of piperidine rings is 1. The number of halogens is 1. The molecule has 0 atom stereocenters. The Kier molecular flexibility index (Phi) is 4.95. The van der Waals surface area contributed by atoms with E-state index in [-0.39, 0.29) is 11.7 Å². The molecule has 2 N–H and O–H groups in total. The van der Waals surface area contributed by atoms with Crippen LogP contribution in [0.1, 0.15) is 40.4 Å². The Morgan fingerprint density at radius 1 is 1.26 bits per heavy atom. The predicted molar refractivity (Wildman–Crippen MR) is 114 cm³/mol. The maximum absolute atomic E-state index is 13.7. The fourth-order valence-corrected chi connectivity index (χ4v) is 4.02. The number of amides is 1. The van der Waals surface area contributed by atoms with E-state index in [9.17, 15) is 9.18 Å². The summed E-state index contributed by atoms with van der Waals surface area (Å²) in [6.07, 6.45) is 6.81. The van der Waals surface area contributed by atoms with E-state index in [0.29, 0.717) is 22.9 Å². The second-order valence-corrected chi connectivity index (χ2v) is 7.72. The minimum atomic E-state index is -0.327. The highest BCUT2D eigenvalue weighted by Crippen LogP contribution is 2.29. The Morgan fingerprint density at radius 2 is 2.10 bits per heavy atom. The molecule has 158 valence electrons. The molecular weight excluding hydrogens is 397 g/mol. The Bertz CT molecular complexity index is 1260. The second kappa shape index (κ2) is 7.92. The second-order valence-electron chi connectivity index (χ2n) is 7.72. The maximum atomic E-state index is 13.7. The average Bonchev–Trinajstić information content (AvgIpc) is 3.39. The van der Waals surface area contributed by atoms with Crippen molar-refractivity contribution in [1.82, 2.24) is 29.7 Å². The van der Waals surface area contributed by atoms with Gasteiger partial charge in [0, 0.05) is 24.4 Å². The molecule has 1 aliphatic heterocycles. The molecular formula is C22H22FN7O. The van der Waals surface area contributed by atoms with E-state index in [4.69, 9.17) is 5.10 Å². The van der Waals surface area contributed by atoms with Gasteiger partial charge in [0.15, 0.2) is 5.65 Å². The molecule has 1 aliphatic rings. The summed E-state index contributed by atoms with van der Waals surface area (Å²) >= 11 is 0. The van der Waals surface area contributed by atoms with Gasteiger partial charge in [-0.3, -0.25) is 4.79 Å². The third-order valence-electron chi connectivity index (χ3n) is 5.64. The number of benzene rings is 1. The van der Waals surface area contributed by atoms with Crippen LogP contribution in [0.15, 0.2) is 48.9 Å². The molecule has 4 aromatic rings. The lowest BCUT2D eigenvalue weighted by Crippen LogP contribution is -2.26. The van der Waals surface area contributed by atoms with Gasteiger partial charge in [0.2, 0.25) is 0 Å². The van der Waals surface area contributed by atoms with Gasteiger partial charge in [-0.05, 0) is 62.7 Å². The average molecular weight is 419 g/mol. The van der Waals surface area contributed by atoms with Crippen LogP contribution in [0, 0.1) is 12.7 Å². The summed E-state index contributed by atoms with van der Waals surface area (Å²) in [5, 5.41) is 15.3. The standard InChI is InChI=1S/C22H22FN7O/c1-14-11-16(23)3-4-19(14)30-20(12-18(28-30)15-5-8-24-9-6-15)27-22(31)17-13-26-29-10-2-7-25-21(17)29/h2-4,7,10-13,15,24H,5-6,8-9H2,1H3,(H,27,31). The van der Waals surface area contributed by atoms with E-state index < -0.39 is 0 Å². The van der Waals surface area contributed by atoms with Crippen LogP contribution < -0.4 is 10.6 Å². The summed E-state index contributed by atoms with van der Waals surface area (Å²) in [4.78, 5) is 17.3. The van der Waals surface area contributed by atoms with Crippen molar-refractivity contribution < 1.29 is 9.18 Å². The zero-order chi connectivity index (χ0) is 21.4. The zero-order valence-electron chi connectivity index (χ0n) is 17.0. The van der Waals surface area contributed by atoms with Crippen molar-refractivity contribution in [3.63, 3.8) is 0 Å². The van der Waals surface area contributed by atoms with Crippen molar-refractivity contribution in [1.29, 1.82) is 0 Å². The smallest absolute Gasteiger partial charge is 0.262 e. The molecule has 4 heterocycles. The molecule has 0 bridgehead atoms. The summed E-state index contributed by atoms with van der Waals surface area (Å²) in [6, 6.07) is 8.20. The number of nitrogens with one attached hydrogen (secondary N) is 2. The molecule has 9 heteroatoms. The largest absolute Gasteiger partial charge is 0.317 e. The van der Waals surface area contributed by atoms with Crippen molar-refractivity contribution >= 4 is 17.4 Å². The molecule has 8 nitrogen and oxygen atoms in total. The maximum Gasteiger partial charge on any atom is 0.262 e. The van der Waals surface area contributed by atoms with Crippen LogP contribution in [-0.2, 0) is 0 Å². The minimum Gasteiger partial charge on any atom is -0.317 e. The summed E-state index contributed by atoms with van der Waals surface area (Å²) in [5.41, 5.74) is 3.21. The van der Waals surface area contributed by atoms with E-state index >= 15 is 0 Å². The first-order valence-electron chi connectivity index (χ1n) is 10.3. The van der Waals surface area contributed by atoms with Gasteiger partial charge in [-0.25, -0.2) is 18.6 Å². The Hall–Kier alpha value is -3.59. The number of nitrogens with zero attached hydrogens (tertiary/aromatic N) is 5. The summed E-state index contributed by atoms with van der Waals surface area (Å²) in [5.74, 6) is 0.197. The molecule has 1 aromatic carbocycles. The van der Waals surface area contributed by atoms with Gasteiger partial charge >= 0.3 is 0 Å². The van der Waals surface area contributed by atoms with Crippen molar-refractivity contribution in [3.05, 3.63) is 71.6 Å². The van der Waals surface area contributed by atoms with Crippen LogP contribution in [0.25, 0.3) is 11.3 Å². The number of aryl methyl sites for hydroxylation is 1. The van der Waals surface area contributed by atoms with Gasteiger partial charge in [-0.15, -0.1) is 0 Å². The molecule has 1 amide bonds.